The maximum Gasteiger partial charge on any atom is 0.238 e. The second kappa shape index (κ2) is 10.3. The molecule has 0 fully saturated rings. The van der Waals surface area contributed by atoms with Gasteiger partial charge in [0.2, 0.25) is 5.95 Å². The highest BCUT2D eigenvalue weighted by Crippen LogP contribution is 2.45. The van der Waals surface area contributed by atoms with Crippen LogP contribution < -0.4 is 11.5 Å². The topological polar surface area (TPSA) is 101 Å². The van der Waals surface area contributed by atoms with Gasteiger partial charge in [0.15, 0.2) is 11.6 Å². The van der Waals surface area contributed by atoms with E-state index in [0.717, 1.165) is 49.9 Å². The molecule has 8 aromatic rings. The number of fused-ring (bicyclic) bond motifs is 2. The lowest BCUT2D eigenvalue weighted by atomic mass is 10.1. The van der Waals surface area contributed by atoms with Crippen LogP contribution in [0.15, 0.2) is 140 Å². The van der Waals surface area contributed by atoms with Crippen molar-refractivity contribution in [1.82, 2.24) is 24.1 Å². The van der Waals surface area contributed by atoms with Crippen LogP contribution in [0.5, 0.6) is 0 Å². The summed E-state index contributed by atoms with van der Waals surface area (Å²) >= 11 is 0. The van der Waals surface area contributed by atoms with Crippen molar-refractivity contribution in [2.45, 2.75) is 0 Å². The Labute approximate surface area is 253 Å². The van der Waals surface area contributed by atoms with Gasteiger partial charge in [0, 0.05) is 27.6 Å². The second-order valence-corrected chi connectivity index (χ2v) is 10.6. The van der Waals surface area contributed by atoms with Crippen LogP contribution in [-0.4, -0.2) is 24.1 Å². The van der Waals surface area contributed by atoms with Crippen molar-refractivity contribution in [1.29, 1.82) is 0 Å². The van der Waals surface area contributed by atoms with Crippen LogP contribution in [-0.2, 0) is 0 Å². The molecule has 3 aromatic heterocycles. The van der Waals surface area contributed by atoms with Crippen LogP contribution in [0, 0.1) is 0 Å². The molecular formula is C37H27N7. The van der Waals surface area contributed by atoms with Gasteiger partial charge in [-0.25, -0.2) is 4.98 Å². The highest BCUT2D eigenvalue weighted by Gasteiger charge is 2.27. The first-order chi connectivity index (χ1) is 21.7. The summed E-state index contributed by atoms with van der Waals surface area (Å²) in [5, 5.41) is 1.87. The molecule has 210 valence electrons. The molecule has 0 aliphatic heterocycles. The van der Waals surface area contributed by atoms with E-state index in [1.807, 2.05) is 120 Å². The van der Waals surface area contributed by atoms with Crippen LogP contribution in [0.2, 0.25) is 0 Å². The minimum Gasteiger partial charge on any atom is -0.396 e. The normalized spacial score (nSPS) is 11.4. The van der Waals surface area contributed by atoms with Gasteiger partial charge < -0.3 is 11.5 Å². The highest BCUT2D eigenvalue weighted by atomic mass is 15.2. The van der Waals surface area contributed by atoms with E-state index in [1.165, 1.54) is 0 Å². The summed E-state index contributed by atoms with van der Waals surface area (Å²) in [5.74, 6) is 2.17. The summed E-state index contributed by atoms with van der Waals surface area (Å²) in [5.41, 5.74) is 20.9. The van der Waals surface area contributed by atoms with E-state index in [4.69, 9.17) is 26.4 Å². The zero-order valence-electron chi connectivity index (χ0n) is 23.7. The summed E-state index contributed by atoms with van der Waals surface area (Å²) in [7, 11) is 0. The summed E-state index contributed by atoms with van der Waals surface area (Å²) < 4.78 is 4.10. The van der Waals surface area contributed by atoms with E-state index < -0.39 is 0 Å². The van der Waals surface area contributed by atoms with Crippen molar-refractivity contribution in [2.75, 3.05) is 11.5 Å². The lowest BCUT2D eigenvalue weighted by Gasteiger charge is -2.14. The lowest BCUT2D eigenvalue weighted by molar-refractivity contribution is 0.939. The Balaban J connectivity index is 1.49. The summed E-state index contributed by atoms with van der Waals surface area (Å²) in [6.07, 6.45) is 0. The van der Waals surface area contributed by atoms with Gasteiger partial charge in [0.25, 0.3) is 0 Å². The summed E-state index contributed by atoms with van der Waals surface area (Å²) in [6, 6.07) is 46.3. The van der Waals surface area contributed by atoms with Crippen molar-refractivity contribution in [3.63, 3.8) is 0 Å². The van der Waals surface area contributed by atoms with Crippen molar-refractivity contribution in [2.24, 2.45) is 0 Å². The van der Waals surface area contributed by atoms with Gasteiger partial charge in [-0.15, -0.1) is 0 Å². The molecule has 0 spiro atoms. The van der Waals surface area contributed by atoms with Crippen LogP contribution >= 0.6 is 0 Å². The average molecular weight is 570 g/mol. The smallest absolute Gasteiger partial charge is 0.238 e. The molecule has 0 atom stereocenters. The van der Waals surface area contributed by atoms with E-state index in [1.54, 1.807) is 0 Å². The van der Waals surface area contributed by atoms with Gasteiger partial charge >= 0.3 is 0 Å². The molecule has 0 aliphatic carbocycles. The number of nitrogens with zero attached hydrogens (tertiary/aromatic N) is 5. The maximum atomic E-state index is 7.10. The van der Waals surface area contributed by atoms with Crippen LogP contribution in [0.1, 0.15) is 0 Å². The Kier molecular flexibility index (Phi) is 5.94. The van der Waals surface area contributed by atoms with Gasteiger partial charge in [-0.05, 0) is 24.3 Å². The number of para-hydroxylation sites is 3. The Morgan fingerprint density at radius 2 is 0.932 bits per heavy atom. The highest BCUT2D eigenvalue weighted by molar-refractivity contribution is 6.11. The third-order valence-electron chi connectivity index (χ3n) is 7.96. The zero-order valence-corrected chi connectivity index (χ0v) is 23.7. The van der Waals surface area contributed by atoms with E-state index in [9.17, 15) is 0 Å². The molecule has 7 nitrogen and oxygen atoms in total. The first-order valence-electron chi connectivity index (χ1n) is 14.4. The number of rotatable bonds is 5. The molecule has 7 heteroatoms. The van der Waals surface area contributed by atoms with Crippen molar-refractivity contribution < 1.29 is 0 Å². The van der Waals surface area contributed by atoms with Crippen molar-refractivity contribution in [3.8, 4) is 45.7 Å². The standard InChI is InChI=1S/C37H27N7/c38-32-28-21-11-13-23-30(28)44(33(32)31-27-20-10-12-22-29(27)43(34(31)39)26-18-8-3-9-19-26)37-41-35(24-14-4-1-5-15-24)40-36(42-37)25-16-6-2-7-17-25/h1-23H,38-39H2. The summed E-state index contributed by atoms with van der Waals surface area (Å²) in [4.78, 5) is 15.0. The van der Waals surface area contributed by atoms with Crippen molar-refractivity contribution >= 4 is 33.3 Å². The number of nitrogens with two attached hydrogens (primary N) is 2. The van der Waals surface area contributed by atoms with Gasteiger partial charge in [-0.2, -0.15) is 9.97 Å². The molecule has 8 rings (SSSR count). The number of hydrogen-bond donors (Lipinski definition) is 2. The largest absolute Gasteiger partial charge is 0.396 e. The van der Waals surface area contributed by atoms with E-state index in [-0.39, 0.29) is 0 Å². The van der Waals surface area contributed by atoms with E-state index >= 15 is 0 Å². The van der Waals surface area contributed by atoms with Gasteiger partial charge in [-0.1, -0.05) is 115 Å². The molecule has 0 bridgehead atoms. The monoisotopic (exact) mass is 569 g/mol. The first kappa shape index (κ1) is 25.5. The minimum absolute atomic E-state index is 0.455. The average Bonchev–Trinajstić information content (AvgIpc) is 3.55. The molecule has 0 amide bonds. The molecule has 4 N–H and O–H groups in total. The van der Waals surface area contributed by atoms with Gasteiger partial charge in [0.1, 0.15) is 5.82 Å². The van der Waals surface area contributed by atoms with Crippen LogP contribution in [0.3, 0.4) is 0 Å². The Bertz CT molecular complexity index is 2230. The third-order valence-corrected chi connectivity index (χ3v) is 7.96. The predicted molar refractivity (Wildman–Crippen MR) is 179 cm³/mol. The quantitative estimate of drug-likeness (QED) is 0.219. The number of anilines is 2. The first-order valence-corrected chi connectivity index (χ1v) is 14.4. The van der Waals surface area contributed by atoms with Gasteiger partial charge in [-0.3, -0.25) is 9.13 Å². The molecule has 44 heavy (non-hydrogen) atoms. The van der Waals surface area contributed by atoms with Crippen LogP contribution in [0.4, 0.5) is 11.5 Å². The molecule has 5 aromatic carbocycles. The molecule has 0 saturated heterocycles. The molecule has 0 saturated carbocycles. The molecule has 3 heterocycles. The lowest BCUT2D eigenvalue weighted by Crippen LogP contribution is -2.09. The minimum atomic E-state index is 0.455. The van der Waals surface area contributed by atoms with Gasteiger partial charge in [0.05, 0.1) is 28.0 Å². The SMILES string of the molecule is Nc1c(-c2c(N)n(-c3ccccc3)c3ccccc23)n(-c2nc(-c3ccccc3)nc(-c3ccccc3)n2)c2ccccc12. The van der Waals surface area contributed by atoms with E-state index in [0.29, 0.717) is 29.1 Å². The fourth-order valence-electron chi connectivity index (χ4n) is 5.98. The molecular weight excluding hydrogens is 542 g/mol. The van der Waals surface area contributed by atoms with Crippen molar-refractivity contribution in [3.05, 3.63) is 140 Å². The molecule has 0 radical (unpaired) electrons. The van der Waals surface area contributed by atoms with E-state index in [2.05, 4.69) is 28.8 Å². The third kappa shape index (κ3) is 4.02. The Hall–Kier alpha value is -6.21. The fourth-order valence-corrected chi connectivity index (χ4v) is 5.98. The maximum absolute atomic E-state index is 7.10. The number of nitrogen functional groups attached to an aromatic ring is 2. The number of hydrogen-bond acceptors (Lipinski definition) is 5. The Morgan fingerprint density at radius 3 is 1.52 bits per heavy atom. The fraction of sp³-hybridized carbons (Fsp3) is 0. The number of benzene rings is 5. The second-order valence-electron chi connectivity index (χ2n) is 10.6. The zero-order chi connectivity index (χ0) is 29.6. The number of aromatic nitrogens is 5. The van der Waals surface area contributed by atoms with Crippen LogP contribution in [0.25, 0.3) is 67.5 Å². The molecule has 0 unspecified atom stereocenters. The molecule has 0 aliphatic rings. The predicted octanol–water partition coefficient (Wildman–Crippen LogP) is 7.92. The Morgan fingerprint density at radius 1 is 0.455 bits per heavy atom. The summed E-state index contributed by atoms with van der Waals surface area (Å²) in [6.45, 7) is 0.